The molecule has 1 unspecified atom stereocenters. The van der Waals surface area contributed by atoms with E-state index >= 15 is 0 Å². The Labute approximate surface area is 418 Å². The highest BCUT2D eigenvalue weighted by atomic mass is 28.4. The standard InChI is InChI=1S/C52H95NO14Si2/c1-21-25-39(54)63-48-35(5)60-42(31-52(48,12)58-16)64-45-34(4)61-49(44(56)43(45)53(13)14)65-46-36-28-32(2)37(66-68(17,18)50(6,7)8)27-24-22-23-26-33(3)59-40(55)30-38(47(46)57-15)62-41(29-36)67-69(19,20)51(9,10)11/h22-24,27,32-38,41-49,56H,21,25-26,28-31H2,1-20H3/b23-22+,27-24+/t32-,33-,34-,35+,36-,37+,38-,41?,42+,43-,44-,45-,46+,47+,48+,49+,52-/m1/s1. The molecule has 400 valence electrons. The lowest BCUT2D eigenvalue weighted by molar-refractivity contribution is -0.344. The van der Waals surface area contributed by atoms with Crippen LogP contribution < -0.4 is 0 Å². The van der Waals surface area contributed by atoms with Gasteiger partial charge in [0.05, 0.1) is 43.0 Å². The number of carbonyl (C=O) groups is 2. The molecule has 0 aromatic carbocycles. The largest absolute Gasteiger partial charge is 0.462 e. The van der Waals surface area contributed by atoms with Gasteiger partial charge in [0.1, 0.15) is 36.3 Å². The maximum absolute atomic E-state index is 13.9. The fraction of sp³-hybridized carbons (Fsp3) is 0.885. The summed E-state index contributed by atoms with van der Waals surface area (Å²) in [5.41, 5.74) is -0.906. The van der Waals surface area contributed by atoms with Crippen LogP contribution in [-0.4, -0.2) is 158 Å². The third-order valence-electron chi connectivity index (χ3n) is 15.8. The Kier molecular flexibility index (Phi) is 21.4. The highest BCUT2D eigenvalue weighted by Crippen LogP contribution is 2.45. The molecule has 0 radical (unpaired) electrons. The minimum Gasteiger partial charge on any atom is -0.462 e. The summed E-state index contributed by atoms with van der Waals surface area (Å²) in [5.74, 6) is -1.04. The van der Waals surface area contributed by atoms with Gasteiger partial charge in [-0.1, -0.05) is 79.7 Å². The van der Waals surface area contributed by atoms with Crippen molar-refractivity contribution in [2.45, 2.75) is 256 Å². The van der Waals surface area contributed by atoms with E-state index < -0.39 is 102 Å². The van der Waals surface area contributed by atoms with Crippen molar-refractivity contribution < 1.29 is 66.2 Å². The van der Waals surface area contributed by atoms with E-state index in [0.29, 0.717) is 32.1 Å². The van der Waals surface area contributed by atoms with E-state index in [9.17, 15) is 14.7 Å². The zero-order chi connectivity index (χ0) is 52.0. The van der Waals surface area contributed by atoms with Gasteiger partial charge in [-0.05, 0) is 103 Å². The van der Waals surface area contributed by atoms with Crippen molar-refractivity contribution in [3.8, 4) is 0 Å². The molecular formula is C52H95NO14Si2. The molecule has 4 aliphatic rings. The second kappa shape index (κ2) is 24.6. The lowest BCUT2D eigenvalue weighted by Gasteiger charge is -2.50. The monoisotopic (exact) mass is 1010 g/mol. The molecule has 3 saturated heterocycles. The zero-order valence-corrected chi connectivity index (χ0v) is 48.2. The molecule has 4 heterocycles. The molecule has 0 amide bonds. The number of aliphatic hydroxyl groups is 1. The Balaban J connectivity index is 1.78. The summed E-state index contributed by atoms with van der Waals surface area (Å²) in [4.78, 5) is 28.4. The lowest BCUT2D eigenvalue weighted by atomic mass is 9.83. The van der Waals surface area contributed by atoms with Gasteiger partial charge >= 0.3 is 11.9 Å². The fourth-order valence-electron chi connectivity index (χ4n) is 9.56. The maximum atomic E-state index is 13.9. The van der Waals surface area contributed by atoms with E-state index in [2.05, 4.69) is 80.7 Å². The molecule has 0 aliphatic carbocycles. The molecule has 0 aromatic heterocycles. The number of fused-ring (bicyclic) bond motifs is 3. The number of allylic oxidation sites excluding steroid dienone is 2. The summed E-state index contributed by atoms with van der Waals surface area (Å²) in [7, 11) is 2.27. The van der Waals surface area contributed by atoms with Crippen LogP contribution in [0.3, 0.4) is 0 Å². The van der Waals surface area contributed by atoms with Crippen LogP contribution in [0, 0.1) is 11.8 Å². The van der Waals surface area contributed by atoms with Crippen molar-refractivity contribution >= 4 is 28.6 Å². The van der Waals surface area contributed by atoms with Crippen LogP contribution in [0.2, 0.25) is 36.3 Å². The lowest BCUT2D eigenvalue weighted by Crippen LogP contribution is -2.66. The number of hydrogen-bond acceptors (Lipinski definition) is 15. The van der Waals surface area contributed by atoms with Gasteiger partial charge in [0.25, 0.3) is 0 Å². The Morgan fingerprint density at radius 3 is 2.07 bits per heavy atom. The summed E-state index contributed by atoms with van der Waals surface area (Å²) in [6.07, 6.45) is 1.54. The molecule has 69 heavy (non-hydrogen) atoms. The number of rotatable bonds is 14. The number of carbonyl (C=O) groups excluding carboxylic acids is 2. The molecule has 4 aliphatic heterocycles. The molecule has 17 heteroatoms. The third-order valence-corrected chi connectivity index (χ3v) is 24.7. The van der Waals surface area contributed by atoms with Gasteiger partial charge in [-0.2, -0.15) is 0 Å². The molecule has 0 aromatic rings. The highest BCUT2D eigenvalue weighted by molar-refractivity contribution is 6.74. The van der Waals surface area contributed by atoms with Crippen LogP contribution in [-0.2, 0) is 61.1 Å². The fourth-order valence-corrected chi connectivity index (χ4v) is 12.1. The molecule has 3 fully saturated rings. The first kappa shape index (κ1) is 60.0. The maximum Gasteiger partial charge on any atom is 0.308 e. The second-order valence-corrected chi connectivity index (χ2v) is 33.3. The average Bonchev–Trinajstić information content (AvgIpc) is 3.33. The van der Waals surface area contributed by atoms with Crippen LogP contribution in [0.4, 0.5) is 0 Å². The van der Waals surface area contributed by atoms with E-state index in [1.165, 1.54) is 0 Å². The van der Waals surface area contributed by atoms with Crippen molar-refractivity contribution in [2.75, 3.05) is 28.3 Å². The SMILES string of the molecule is CCCC(=O)O[C@H]1[C@H](C)O[C@@H](O[C@H]2[C@H](N(C)C)[C@@H](O)[C@H](O[C@H]3[C@H]4CC(O[Si](C)(C)C(C)(C)C)O[C@H](CC(=O)O[C@H](C)C/C=C/C=C/[C@H](O[Si](C)(C)C(C)(C)C)[C@H](C)C4)[C@@H]3OC)O[C@@H]2C)C[C@@]1(C)OC. The van der Waals surface area contributed by atoms with Gasteiger partial charge in [-0.15, -0.1) is 0 Å². The van der Waals surface area contributed by atoms with Crippen molar-refractivity contribution in [1.29, 1.82) is 0 Å². The Bertz CT molecular complexity index is 1700. The smallest absolute Gasteiger partial charge is 0.308 e. The second-order valence-electron chi connectivity index (χ2n) is 23.8. The van der Waals surface area contributed by atoms with Gasteiger partial charge in [0, 0.05) is 39.9 Å². The van der Waals surface area contributed by atoms with Crippen LogP contribution in [0.1, 0.15) is 128 Å². The number of nitrogens with zero attached hydrogens (tertiary/aromatic N) is 1. The van der Waals surface area contributed by atoms with Crippen LogP contribution in [0.5, 0.6) is 0 Å². The van der Waals surface area contributed by atoms with E-state index in [1.54, 1.807) is 14.2 Å². The van der Waals surface area contributed by atoms with Crippen molar-refractivity contribution in [3.05, 3.63) is 24.3 Å². The van der Waals surface area contributed by atoms with Gasteiger partial charge in [-0.3, -0.25) is 9.59 Å². The number of likely N-dealkylation sites (N-methyl/N-ethyl adjacent to an activating group) is 1. The number of esters is 2. The molecule has 15 nitrogen and oxygen atoms in total. The van der Waals surface area contributed by atoms with E-state index in [4.69, 9.17) is 51.5 Å². The van der Waals surface area contributed by atoms with Gasteiger partial charge in [0.2, 0.25) is 0 Å². The number of hydrogen-bond donors (Lipinski definition) is 1. The average molecular weight is 1010 g/mol. The number of ether oxygens (including phenoxy) is 9. The predicted octanol–water partition coefficient (Wildman–Crippen LogP) is 9.07. The minimum absolute atomic E-state index is 0.0203. The van der Waals surface area contributed by atoms with Gasteiger partial charge in [0.15, 0.2) is 35.3 Å². The molecular weight excluding hydrogens is 919 g/mol. The minimum atomic E-state index is -2.45. The normalized spacial score (nSPS) is 39.1. The van der Waals surface area contributed by atoms with E-state index in [0.717, 1.165) is 0 Å². The van der Waals surface area contributed by atoms with Crippen molar-refractivity contribution in [3.63, 3.8) is 0 Å². The van der Waals surface area contributed by atoms with Crippen LogP contribution >= 0.6 is 0 Å². The zero-order valence-electron chi connectivity index (χ0n) is 46.2. The van der Waals surface area contributed by atoms with Crippen LogP contribution in [0.25, 0.3) is 0 Å². The first-order valence-corrected chi connectivity index (χ1v) is 31.5. The summed E-state index contributed by atoms with van der Waals surface area (Å²) in [5, 5.41) is 12.4. The molecule has 2 bridgehead atoms. The van der Waals surface area contributed by atoms with Gasteiger partial charge in [-0.25, -0.2) is 0 Å². The molecule has 1 N–H and O–H groups in total. The van der Waals surface area contributed by atoms with Gasteiger partial charge < -0.3 is 61.5 Å². The molecule has 17 atom stereocenters. The topological polar surface area (TPSA) is 159 Å². The first-order chi connectivity index (χ1) is 31.9. The summed E-state index contributed by atoms with van der Waals surface area (Å²) >= 11 is 0. The van der Waals surface area contributed by atoms with E-state index in [-0.39, 0.29) is 52.9 Å². The number of cyclic esters (lactones) is 1. The molecule has 0 spiro atoms. The molecule has 4 rings (SSSR count). The summed E-state index contributed by atoms with van der Waals surface area (Å²) in [6, 6.07) is -0.625. The van der Waals surface area contributed by atoms with Crippen LogP contribution in [0.15, 0.2) is 24.3 Å². The number of aliphatic hydroxyl groups excluding tert-OH is 1. The summed E-state index contributed by atoms with van der Waals surface area (Å²) in [6.45, 7) is 34.0. The Morgan fingerprint density at radius 2 is 1.49 bits per heavy atom. The summed E-state index contributed by atoms with van der Waals surface area (Å²) < 4.78 is 72.8. The highest BCUT2D eigenvalue weighted by Gasteiger charge is 2.55. The first-order valence-electron chi connectivity index (χ1n) is 25.7. The van der Waals surface area contributed by atoms with Crippen molar-refractivity contribution in [2.24, 2.45) is 11.8 Å². The third kappa shape index (κ3) is 15.5. The van der Waals surface area contributed by atoms with E-state index in [1.807, 2.05) is 71.8 Å². The predicted molar refractivity (Wildman–Crippen MR) is 271 cm³/mol. The Morgan fingerprint density at radius 1 is 0.855 bits per heavy atom. The Hall–Kier alpha value is -1.59. The number of methoxy groups -OCH3 is 2. The van der Waals surface area contributed by atoms with Crippen molar-refractivity contribution in [1.82, 2.24) is 4.90 Å². The molecule has 0 saturated carbocycles. The quantitative estimate of drug-likeness (QED) is 0.130.